The first kappa shape index (κ1) is 13.7. The number of aryl methyl sites for hydroxylation is 1. The molecular weight excluding hydrogens is 260 g/mol. The van der Waals surface area contributed by atoms with Crippen LogP contribution >= 0.6 is 0 Å². The Morgan fingerprint density at radius 1 is 1.19 bits per heavy atom. The number of piperidine rings is 1. The molecule has 1 aromatic rings. The Balaban J connectivity index is 1.71. The third-order valence-electron chi connectivity index (χ3n) is 6.59. The third kappa shape index (κ3) is 1.91. The highest BCUT2D eigenvalue weighted by Gasteiger charge is 2.57. The summed E-state index contributed by atoms with van der Waals surface area (Å²) in [6, 6.07) is 8.70. The van der Waals surface area contributed by atoms with Crippen LogP contribution in [0.3, 0.4) is 0 Å². The van der Waals surface area contributed by atoms with E-state index in [1.807, 2.05) is 0 Å². The highest BCUT2D eigenvalue weighted by Crippen LogP contribution is 2.52. The van der Waals surface area contributed by atoms with Crippen LogP contribution in [0.15, 0.2) is 24.3 Å². The largest absolute Gasteiger partial charge is 0.389 e. The lowest BCUT2D eigenvalue weighted by Crippen LogP contribution is -2.62. The van der Waals surface area contributed by atoms with Crippen LogP contribution in [0.2, 0.25) is 0 Å². The van der Waals surface area contributed by atoms with Crippen molar-refractivity contribution in [3.05, 3.63) is 35.4 Å². The summed E-state index contributed by atoms with van der Waals surface area (Å²) in [5, 5.41) is 11.7. The van der Waals surface area contributed by atoms with E-state index in [9.17, 15) is 5.11 Å². The fourth-order valence-corrected chi connectivity index (χ4v) is 5.18. The summed E-state index contributed by atoms with van der Waals surface area (Å²) < 4.78 is 0. The minimum atomic E-state index is -0.567. The second kappa shape index (κ2) is 4.80. The molecule has 0 aromatic heterocycles. The van der Waals surface area contributed by atoms with E-state index in [1.165, 1.54) is 11.1 Å². The summed E-state index contributed by atoms with van der Waals surface area (Å²) in [6.45, 7) is 3.87. The van der Waals surface area contributed by atoms with E-state index in [4.69, 9.17) is 5.73 Å². The number of nitrogens with zero attached hydrogens (tertiary/aromatic N) is 1. The zero-order valence-electron chi connectivity index (χ0n) is 12.7. The zero-order valence-corrected chi connectivity index (χ0v) is 12.7. The minimum absolute atomic E-state index is 0.123. The Morgan fingerprint density at radius 3 is 2.81 bits per heavy atom. The molecule has 3 N–H and O–H groups in total. The molecule has 2 saturated heterocycles. The number of fused-ring (bicyclic) bond motifs is 3. The van der Waals surface area contributed by atoms with Crippen LogP contribution in [0, 0.1) is 11.3 Å². The molecule has 0 saturated carbocycles. The molecule has 2 aliphatic heterocycles. The van der Waals surface area contributed by atoms with Gasteiger partial charge < -0.3 is 15.7 Å². The fraction of sp³-hybridized carbons (Fsp3) is 0.667. The first-order valence-electron chi connectivity index (χ1n) is 8.38. The van der Waals surface area contributed by atoms with Gasteiger partial charge in [0.2, 0.25) is 0 Å². The van der Waals surface area contributed by atoms with Crippen LogP contribution < -0.4 is 5.73 Å². The maximum atomic E-state index is 11.7. The van der Waals surface area contributed by atoms with Crippen LogP contribution in [0.25, 0.3) is 0 Å². The van der Waals surface area contributed by atoms with Gasteiger partial charge in [0.25, 0.3) is 0 Å². The molecule has 4 unspecified atom stereocenters. The molecule has 1 aliphatic carbocycles. The van der Waals surface area contributed by atoms with Gasteiger partial charge in [0, 0.05) is 31.0 Å². The Morgan fingerprint density at radius 2 is 2.00 bits per heavy atom. The molecule has 3 nitrogen and oxygen atoms in total. The van der Waals surface area contributed by atoms with Gasteiger partial charge in [-0.05, 0) is 49.8 Å². The van der Waals surface area contributed by atoms with E-state index in [0.29, 0.717) is 12.5 Å². The lowest BCUT2D eigenvalue weighted by molar-refractivity contribution is -0.146. The molecule has 0 amide bonds. The Kier molecular flexibility index (Phi) is 3.14. The number of hydrogen-bond acceptors (Lipinski definition) is 3. The average Bonchev–Trinajstić information content (AvgIpc) is 2.95. The summed E-state index contributed by atoms with van der Waals surface area (Å²) in [7, 11) is 0. The molecule has 2 bridgehead atoms. The maximum Gasteiger partial charge on any atom is 0.0771 e. The SMILES string of the molecule is NCC1(C2(O)CCN3CCC2C3)CCc2ccccc2C1. The van der Waals surface area contributed by atoms with Crippen molar-refractivity contribution in [1.82, 2.24) is 4.90 Å². The van der Waals surface area contributed by atoms with Crippen molar-refractivity contribution < 1.29 is 5.11 Å². The summed E-state index contributed by atoms with van der Waals surface area (Å²) in [4.78, 5) is 2.50. The van der Waals surface area contributed by atoms with Crippen molar-refractivity contribution in [1.29, 1.82) is 0 Å². The molecule has 2 heterocycles. The zero-order chi connectivity index (χ0) is 14.5. The van der Waals surface area contributed by atoms with Gasteiger partial charge in [-0.15, -0.1) is 0 Å². The van der Waals surface area contributed by atoms with E-state index >= 15 is 0 Å². The van der Waals surface area contributed by atoms with Crippen molar-refractivity contribution in [2.75, 3.05) is 26.2 Å². The van der Waals surface area contributed by atoms with Gasteiger partial charge in [-0.1, -0.05) is 24.3 Å². The molecule has 114 valence electrons. The van der Waals surface area contributed by atoms with E-state index in [-0.39, 0.29) is 5.41 Å². The van der Waals surface area contributed by atoms with Crippen molar-refractivity contribution >= 4 is 0 Å². The van der Waals surface area contributed by atoms with E-state index in [2.05, 4.69) is 29.2 Å². The number of hydrogen-bond donors (Lipinski definition) is 2. The van der Waals surface area contributed by atoms with Gasteiger partial charge in [0.1, 0.15) is 0 Å². The summed E-state index contributed by atoms with van der Waals surface area (Å²) in [5.74, 6) is 0.417. The monoisotopic (exact) mass is 286 g/mol. The van der Waals surface area contributed by atoms with Crippen LogP contribution in [0.4, 0.5) is 0 Å². The summed E-state index contributed by atoms with van der Waals surface area (Å²) >= 11 is 0. The molecule has 3 heteroatoms. The Labute approximate surface area is 127 Å². The van der Waals surface area contributed by atoms with Crippen LogP contribution in [-0.4, -0.2) is 41.8 Å². The predicted octanol–water partition coefficient (Wildman–Crippen LogP) is 1.58. The molecule has 4 atom stereocenters. The van der Waals surface area contributed by atoms with Crippen LogP contribution in [0.1, 0.15) is 30.4 Å². The second-order valence-electron chi connectivity index (χ2n) is 7.39. The first-order valence-corrected chi connectivity index (χ1v) is 8.38. The number of aliphatic hydroxyl groups is 1. The van der Waals surface area contributed by atoms with Gasteiger partial charge >= 0.3 is 0 Å². The molecule has 21 heavy (non-hydrogen) atoms. The number of rotatable bonds is 2. The average molecular weight is 286 g/mol. The fourth-order valence-electron chi connectivity index (χ4n) is 5.18. The lowest BCUT2D eigenvalue weighted by Gasteiger charge is -2.54. The van der Waals surface area contributed by atoms with E-state index in [0.717, 1.165) is 51.7 Å². The second-order valence-corrected chi connectivity index (χ2v) is 7.39. The standard InChI is InChI=1S/C18H26N2O/c19-13-17(7-5-14-3-1-2-4-15(14)11-17)18(21)8-10-20-9-6-16(18)12-20/h1-4,16,21H,5-13,19H2. The van der Waals surface area contributed by atoms with E-state index in [1.54, 1.807) is 0 Å². The van der Waals surface area contributed by atoms with Crippen LogP contribution in [-0.2, 0) is 12.8 Å². The van der Waals surface area contributed by atoms with Crippen molar-refractivity contribution in [3.8, 4) is 0 Å². The first-order chi connectivity index (χ1) is 10.2. The van der Waals surface area contributed by atoms with Crippen LogP contribution in [0.5, 0.6) is 0 Å². The van der Waals surface area contributed by atoms with Gasteiger partial charge in [0.15, 0.2) is 0 Å². The molecule has 1 aromatic carbocycles. The smallest absolute Gasteiger partial charge is 0.0771 e. The van der Waals surface area contributed by atoms with Crippen molar-refractivity contribution in [2.45, 2.75) is 37.7 Å². The highest BCUT2D eigenvalue weighted by molar-refractivity contribution is 5.33. The van der Waals surface area contributed by atoms with Gasteiger partial charge in [0.05, 0.1) is 5.60 Å². The summed E-state index contributed by atoms with van der Waals surface area (Å²) in [6.07, 6.45) is 5.09. The molecule has 2 fully saturated rings. The predicted molar refractivity (Wildman–Crippen MR) is 84.1 cm³/mol. The van der Waals surface area contributed by atoms with Crippen molar-refractivity contribution in [3.63, 3.8) is 0 Å². The van der Waals surface area contributed by atoms with Gasteiger partial charge in [-0.2, -0.15) is 0 Å². The molecule has 4 rings (SSSR count). The van der Waals surface area contributed by atoms with Gasteiger partial charge in [-0.3, -0.25) is 0 Å². The summed E-state index contributed by atoms with van der Waals surface area (Å²) in [5.41, 5.74) is 8.44. The maximum absolute atomic E-state index is 11.7. The normalized spacial score (nSPS) is 41.8. The number of nitrogens with two attached hydrogens (primary N) is 1. The lowest BCUT2D eigenvalue weighted by atomic mass is 9.56. The molecule has 0 spiro atoms. The number of benzene rings is 1. The molecule has 0 radical (unpaired) electrons. The Bertz CT molecular complexity index is 546. The molecular formula is C18H26N2O. The van der Waals surface area contributed by atoms with Gasteiger partial charge in [-0.25, -0.2) is 0 Å². The van der Waals surface area contributed by atoms with E-state index < -0.39 is 5.60 Å². The van der Waals surface area contributed by atoms with Crippen molar-refractivity contribution in [2.24, 2.45) is 17.1 Å². The highest BCUT2D eigenvalue weighted by atomic mass is 16.3. The Hall–Kier alpha value is -0.900. The minimum Gasteiger partial charge on any atom is -0.389 e. The third-order valence-corrected chi connectivity index (χ3v) is 6.59. The molecule has 3 aliphatic rings. The topological polar surface area (TPSA) is 49.5 Å². The quantitative estimate of drug-likeness (QED) is 0.868.